The maximum Gasteiger partial charge on any atom is 0.410 e. The highest BCUT2D eigenvalue weighted by atomic mass is 35.5. The van der Waals surface area contributed by atoms with Crippen LogP contribution in [0.4, 0.5) is 19.4 Å². The van der Waals surface area contributed by atoms with E-state index in [1.165, 1.54) is 0 Å². The highest BCUT2D eigenvalue weighted by Crippen LogP contribution is 2.45. The minimum atomic E-state index is -0.956. The standard InChI is InChI=1S/C43H51ClF2N6O5/c1-8-30-31-15-14-26(52(31)40(54)57-42(5,6)7)22-51(30)37-32-35(48-39(49-37)55-23-43-16-11-17-50(43)21-25(45)20-43)33(46)34(47-36(32)44)29-19-27(56-38(53)41(2,3)4)18-24-12-9-10-13-28(24)29/h9-10,12-13,18-19,25-26,30-31H,8,11,14-17,20-23H2,1-7H3/t25-,26+,30-,31-,43+/m1/s1. The minimum Gasteiger partial charge on any atom is -0.461 e. The number of carbonyl (C=O) groups excluding carboxylic acids is 2. The predicted molar refractivity (Wildman–Crippen MR) is 215 cm³/mol. The number of nitrogens with zero attached hydrogens (tertiary/aromatic N) is 6. The summed E-state index contributed by atoms with van der Waals surface area (Å²) in [5.74, 6) is -0.596. The molecule has 4 fully saturated rings. The van der Waals surface area contributed by atoms with Crippen LogP contribution in [0.25, 0.3) is 32.9 Å². The fourth-order valence-corrected chi connectivity index (χ4v) is 9.62. The number of amides is 1. The van der Waals surface area contributed by atoms with Crippen LogP contribution in [0.1, 0.15) is 87.0 Å². The maximum absolute atomic E-state index is 17.5. The molecule has 4 aliphatic heterocycles. The Bertz CT molecular complexity index is 2250. The SMILES string of the molecule is CC[C@@H]1[C@H]2CC[C@@H](CN1c1nc(OC[C@@]34CCCN3C[C@H](F)C4)nc3c(F)c(-c4cc(OC(=O)C(C)(C)C)cc5ccccc45)nc(Cl)c13)N2C(=O)OC(C)(C)C. The van der Waals surface area contributed by atoms with Gasteiger partial charge in [-0.05, 0) is 103 Å². The first-order valence-electron chi connectivity index (χ1n) is 20.1. The smallest absolute Gasteiger partial charge is 0.410 e. The van der Waals surface area contributed by atoms with Gasteiger partial charge in [0.1, 0.15) is 46.3 Å². The zero-order valence-electron chi connectivity index (χ0n) is 33.7. The van der Waals surface area contributed by atoms with Crippen LogP contribution in [-0.4, -0.2) is 98.5 Å². The van der Waals surface area contributed by atoms with Crippen LogP contribution < -0.4 is 14.4 Å². The van der Waals surface area contributed by atoms with E-state index in [-0.39, 0.29) is 64.3 Å². The number of hydrogen-bond acceptors (Lipinski definition) is 10. The third kappa shape index (κ3) is 7.23. The molecule has 5 atom stereocenters. The summed E-state index contributed by atoms with van der Waals surface area (Å²) in [4.78, 5) is 47.0. The van der Waals surface area contributed by atoms with Crippen molar-refractivity contribution in [1.29, 1.82) is 0 Å². The summed E-state index contributed by atoms with van der Waals surface area (Å²) in [5.41, 5.74) is -1.73. The monoisotopic (exact) mass is 804 g/mol. The third-order valence-electron chi connectivity index (χ3n) is 11.9. The van der Waals surface area contributed by atoms with Gasteiger partial charge in [-0.3, -0.25) is 14.6 Å². The molecule has 0 saturated carbocycles. The molecule has 0 unspecified atom stereocenters. The van der Waals surface area contributed by atoms with Gasteiger partial charge in [-0.1, -0.05) is 42.8 Å². The molecular formula is C43H51ClF2N6O5. The van der Waals surface area contributed by atoms with Crippen LogP contribution >= 0.6 is 11.6 Å². The highest BCUT2D eigenvalue weighted by molar-refractivity contribution is 6.35. The summed E-state index contributed by atoms with van der Waals surface area (Å²) in [6, 6.07) is 10.1. The molecule has 4 aromatic rings. The molecule has 8 rings (SSSR count). The van der Waals surface area contributed by atoms with E-state index in [2.05, 4.69) is 16.7 Å². The van der Waals surface area contributed by atoms with Gasteiger partial charge in [0, 0.05) is 25.1 Å². The molecule has 0 aliphatic carbocycles. The molecule has 0 spiro atoms. The van der Waals surface area contributed by atoms with Gasteiger partial charge in [-0.2, -0.15) is 9.97 Å². The van der Waals surface area contributed by atoms with Gasteiger partial charge in [-0.25, -0.2) is 18.6 Å². The van der Waals surface area contributed by atoms with E-state index in [1.807, 2.05) is 49.9 Å². The van der Waals surface area contributed by atoms with Gasteiger partial charge in [0.15, 0.2) is 5.82 Å². The van der Waals surface area contributed by atoms with E-state index in [9.17, 15) is 14.0 Å². The first kappa shape index (κ1) is 39.5. The van der Waals surface area contributed by atoms with Gasteiger partial charge in [0.2, 0.25) is 0 Å². The van der Waals surface area contributed by atoms with E-state index in [0.29, 0.717) is 48.1 Å². The molecule has 0 N–H and O–H groups in total. The third-order valence-corrected chi connectivity index (χ3v) is 12.2. The Labute approximate surface area is 337 Å². The Hall–Kier alpha value is -4.36. The quantitative estimate of drug-likeness (QED) is 0.102. The number of anilines is 1. The summed E-state index contributed by atoms with van der Waals surface area (Å²) in [5, 5.41) is 1.59. The number of aromatic nitrogens is 3. The van der Waals surface area contributed by atoms with Crippen LogP contribution in [0.15, 0.2) is 36.4 Å². The van der Waals surface area contributed by atoms with Crippen LogP contribution in [0.3, 0.4) is 0 Å². The number of halogens is 3. The van der Waals surface area contributed by atoms with E-state index in [0.717, 1.165) is 32.2 Å². The molecule has 11 nitrogen and oxygen atoms in total. The highest BCUT2D eigenvalue weighted by Gasteiger charge is 2.51. The van der Waals surface area contributed by atoms with Crippen molar-refractivity contribution in [3.05, 3.63) is 47.4 Å². The largest absolute Gasteiger partial charge is 0.461 e. The number of fused-ring (bicyclic) bond motifs is 5. The molecule has 14 heteroatoms. The average molecular weight is 805 g/mol. The molecule has 0 radical (unpaired) electrons. The number of hydrogen-bond donors (Lipinski definition) is 0. The Morgan fingerprint density at radius 3 is 2.54 bits per heavy atom. The van der Waals surface area contributed by atoms with E-state index in [4.69, 9.17) is 40.8 Å². The molecule has 304 valence electrons. The molecule has 57 heavy (non-hydrogen) atoms. The number of benzene rings is 2. The van der Waals surface area contributed by atoms with Gasteiger partial charge < -0.3 is 19.1 Å². The molecule has 4 aliphatic rings. The van der Waals surface area contributed by atoms with Crippen LogP contribution in [-0.2, 0) is 9.53 Å². The zero-order chi connectivity index (χ0) is 40.6. The summed E-state index contributed by atoms with van der Waals surface area (Å²) < 4.78 is 50.4. The van der Waals surface area contributed by atoms with Crippen LogP contribution in [0.5, 0.6) is 11.8 Å². The molecule has 2 aromatic heterocycles. The Morgan fingerprint density at radius 1 is 1.04 bits per heavy atom. The van der Waals surface area contributed by atoms with Crippen molar-refractivity contribution in [3.8, 4) is 23.0 Å². The van der Waals surface area contributed by atoms with Crippen molar-refractivity contribution in [2.24, 2.45) is 5.41 Å². The van der Waals surface area contributed by atoms with Crippen LogP contribution in [0.2, 0.25) is 5.15 Å². The van der Waals surface area contributed by atoms with Crippen molar-refractivity contribution < 1.29 is 32.6 Å². The van der Waals surface area contributed by atoms with Crippen molar-refractivity contribution in [2.75, 3.05) is 31.1 Å². The Morgan fingerprint density at radius 2 is 1.81 bits per heavy atom. The average Bonchev–Trinajstić information content (AvgIpc) is 3.78. The van der Waals surface area contributed by atoms with Crippen molar-refractivity contribution in [3.63, 3.8) is 0 Å². The summed E-state index contributed by atoms with van der Waals surface area (Å²) in [6.07, 6.45) is 2.92. The van der Waals surface area contributed by atoms with Gasteiger partial charge in [-0.15, -0.1) is 0 Å². The predicted octanol–water partition coefficient (Wildman–Crippen LogP) is 8.91. The molecule has 4 saturated heterocycles. The lowest BCUT2D eigenvalue weighted by Gasteiger charge is -2.47. The summed E-state index contributed by atoms with van der Waals surface area (Å²) in [6.45, 7) is 14.6. The van der Waals surface area contributed by atoms with E-state index in [1.54, 1.807) is 32.9 Å². The maximum atomic E-state index is 17.5. The zero-order valence-corrected chi connectivity index (χ0v) is 34.5. The van der Waals surface area contributed by atoms with Crippen molar-refractivity contribution in [2.45, 2.75) is 122 Å². The van der Waals surface area contributed by atoms with Gasteiger partial charge >= 0.3 is 18.1 Å². The van der Waals surface area contributed by atoms with E-state index >= 15 is 4.39 Å². The summed E-state index contributed by atoms with van der Waals surface area (Å²) in [7, 11) is 0. The number of pyridine rings is 1. The number of carbonyl (C=O) groups is 2. The van der Waals surface area contributed by atoms with Crippen molar-refractivity contribution >= 4 is 51.2 Å². The lowest BCUT2D eigenvalue weighted by molar-refractivity contribution is -0.142. The molecule has 2 aromatic carbocycles. The Balaban J connectivity index is 1.27. The second kappa shape index (κ2) is 14.5. The van der Waals surface area contributed by atoms with E-state index < -0.39 is 34.5 Å². The number of alkyl halides is 1. The van der Waals surface area contributed by atoms with Crippen LogP contribution in [0, 0.1) is 11.2 Å². The number of rotatable bonds is 7. The van der Waals surface area contributed by atoms with Crippen molar-refractivity contribution in [1.82, 2.24) is 24.8 Å². The fraction of sp³-hybridized carbons (Fsp3) is 0.558. The fourth-order valence-electron chi connectivity index (χ4n) is 9.36. The molecule has 2 bridgehead atoms. The molecular weight excluding hydrogens is 754 g/mol. The second-order valence-corrected chi connectivity index (χ2v) is 18.5. The number of ether oxygens (including phenoxy) is 3. The Kier molecular flexibility index (Phi) is 10.0. The first-order chi connectivity index (χ1) is 27.0. The topological polar surface area (TPSA) is 110 Å². The minimum absolute atomic E-state index is 0.0162. The van der Waals surface area contributed by atoms with Gasteiger partial charge in [0.05, 0.1) is 34.5 Å². The molecule has 1 amide bonds. The number of piperazine rings is 1. The first-order valence-corrected chi connectivity index (χ1v) is 20.5. The van der Waals surface area contributed by atoms with Gasteiger partial charge in [0.25, 0.3) is 0 Å². The second-order valence-electron chi connectivity index (χ2n) is 18.1. The lowest BCUT2D eigenvalue weighted by Crippen LogP contribution is -2.62. The normalized spacial score (nSPS) is 25.0. The summed E-state index contributed by atoms with van der Waals surface area (Å²) >= 11 is 7.15. The number of esters is 1. The lowest BCUT2D eigenvalue weighted by atomic mass is 9.95. The molecule has 6 heterocycles.